The van der Waals surface area contributed by atoms with Crippen LogP contribution in [-0.4, -0.2) is 19.9 Å². The zero-order valence-corrected chi connectivity index (χ0v) is 8.63. The van der Waals surface area contributed by atoms with Crippen LogP contribution in [0.2, 0.25) is 0 Å². The van der Waals surface area contributed by atoms with Gasteiger partial charge in [-0.25, -0.2) is 0 Å². The van der Waals surface area contributed by atoms with Crippen molar-refractivity contribution in [3.63, 3.8) is 0 Å². The van der Waals surface area contributed by atoms with Crippen LogP contribution in [0.3, 0.4) is 0 Å². The molecule has 9 heteroatoms. The largest absolute Gasteiger partial charge is 0.418 e. The molecule has 6 nitrogen and oxygen atoms in total. The number of nitrogens with zero attached hydrogens (tertiary/aromatic N) is 4. The Balaban J connectivity index is 2.64. The van der Waals surface area contributed by atoms with Crippen LogP contribution < -0.4 is 0 Å². The second kappa shape index (κ2) is 4.09. The predicted octanol–water partition coefficient (Wildman–Crippen LogP) is 2.19. The third-order valence-electron chi connectivity index (χ3n) is 2.13. The summed E-state index contributed by atoms with van der Waals surface area (Å²) in [4.78, 5) is 10.3. The molecule has 2 rings (SSSR count). The monoisotopic (exact) mass is 258 g/mol. The summed E-state index contributed by atoms with van der Waals surface area (Å²) < 4.78 is 38.4. The quantitative estimate of drug-likeness (QED) is 0.611. The van der Waals surface area contributed by atoms with E-state index in [1.165, 1.54) is 12.4 Å². The van der Waals surface area contributed by atoms with E-state index >= 15 is 0 Å². The normalized spacial score (nSPS) is 11.5. The van der Waals surface area contributed by atoms with Gasteiger partial charge in [-0.1, -0.05) is 0 Å². The number of nitro benzene ring substituents is 1. The van der Waals surface area contributed by atoms with E-state index in [4.69, 9.17) is 0 Å². The molecule has 1 heterocycles. The minimum Gasteiger partial charge on any atom is -0.258 e. The van der Waals surface area contributed by atoms with Gasteiger partial charge in [-0.15, -0.1) is 0 Å². The van der Waals surface area contributed by atoms with Crippen LogP contribution in [0.25, 0.3) is 5.69 Å². The van der Waals surface area contributed by atoms with Crippen LogP contribution in [0.4, 0.5) is 18.9 Å². The Morgan fingerprint density at radius 3 is 2.33 bits per heavy atom. The van der Waals surface area contributed by atoms with E-state index in [1.54, 1.807) is 0 Å². The lowest BCUT2D eigenvalue weighted by Gasteiger charge is -2.11. The standard InChI is InChI=1S/C9H5F3N4O2/c10-9(11,12)7-5-6(16(17)18)1-2-8(7)15-13-3-4-14-15/h1-5H. The summed E-state index contributed by atoms with van der Waals surface area (Å²) >= 11 is 0. The SMILES string of the molecule is O=[N+]([O-])c1ccc(-n2nccn2)c(C(F)(F)F)c1. The fourth-order valence-electron chi connectivity index (χ4n) is 1.38. The molecule has 0 spiro atoms. The van der Waals surface area contributed by atoms with Crippen molar-refractivity contribution in [2.75, 3.05) is 0 Å². The van der Waals surface area contributed by atoms with Crippen LogP contribution in [0, 0.1) is 10.1 Å². The van der Waals surface area contributed by atoms with E-state index in [2.05, 4.69) is 10.2 Å². The summed E-state index contributed by atoms with van der Waals surface area (Å²) in [5, 5.41) is 17.6. The number of hydrogen-bond donors (Lipinski definition) is 0. The van der Waals surface area contributed by atoms with Gasteiger partial charge in [0.1, 0.15) is 0 Å². The molecule has 1 aromatic heterocycles. The Labute approximate surface area is 97.8 Å². The maximum atomic E-state index is 12.8. The molecule has 0 fully saturated rings. The smallest absolute Gasteiger partial charge is 0.258 e. The number of halogens is 3. The summed E-state index contributed by atoms with van der Waals surface area (Å²) in [5.74, 6) is 0. The van der Waals surface area contributed by atoms with E-state index in [1.807, 2.05) is 0 Å². The molecule has 18 heavy (non-hydrogen) atoms. The second-order valence-electron chi connectivity index (χ2n) is 3.27. The molecule has 1 aromatic carbocycles. The molecule has 94 valence electrons. The molecule has 0 saturated carbocycles. The van der Waals surface area contributed by atoms with Gasteiger partial charge in [-0.3, -0.25) is 10.1 Å². The molecule has 0 amide bonds. The van der Waals surface area contributed by atoms with Crippen molar-refractivity contribution in [1.29, 1.82) is 0 Å². The van der Waals surface area contributed by atoms with E-state index < -0.39 is 22.4 Å². The molecular formula is C9H5F3N4O2. The Bertz CT molecular complexity index is 580. The molecule has 0 unspecified atom stereocenters. The highest BCUT2D eigenvalue weighted by Gasteiger charge is 2.36. The number of non-ortho nitro benzene ring substituents is 1. The number of hydrogen-bond acceptors (Lipinski definition) is 4. The Morgan fingerprint density at radius 1 is 1.22 bits per heavy atom. The summed E-state index contributed by atoms with van der Waals surface area (Å²) in [7, 11) is 0. The van der Waals surface area contributed by atoms with Gasteiger partial charge in [-0.2, -0.15) is 28.2 Å². The van der Waals surface area contributed by atoms with E-state index in [-0.39, 0.29) is 5.69 Å². The highest BCUT2D eigenvalue weighted by molar-refractivity contribution is 5.48. The minimum absolute atomic E-state index is 0.363. The van der Waals surface area contributed by atoms with Gasteiger partial charge in [0.05, 0.1) is 28.6 Å². The number of alkyl halides is 3. The van der Waals surface area contributed by atoms with Gasteiger partial charge in [-0.05, 0) is 6.07 Å². The zero-order valence-electron chi connectivity index (χ0n) is 8.63. The molecule has 0 N–H and O–H groups in total. The van der Waals surface area contributed by atoms with Crippen molar-refractivity contribution in [1.82, 2.24) is 15.0 Å². The topological polar surface area (TPSA) is 73.8 Å². The average Bonchev–Trinajstić information content (AvgIpc) is 2.80. The van der Waals surface area contributed by atoms with Crippen molar-refractivity contribution < 1.29 is 18.1 Å². The summed E-state index contributed by atoms with van der Waals surface area (Å²) in [6.45, 7) is 0. The maximum absolute atomic E-state index is 12.8. The van der Waals surface area contributed by atoms with Crippen molar-refractivity contribution >= 4 is 5.69 Å². The maximum Gasteiger partial charge on any atom is 0.418 e. The lowest BCUT2D eigenvalue weighted by Crippen LogP contribution is -2.12. The lowest BCUT2D eigenvalue weighted by molar-refractivity contribution is -0.385. The van der Waals surface area contributed by atoms with Crippen LogP contribution in [0.5, 0.6) is 0 Å². The predicted molar refractivity (Wildman–Crippen MR) is 53.0 cm³/mol. The highest BCUT2D eigenvalue weighted by Crippen LogP contribution is 2.35. The first-order valence-corrected chi connectivity index (χ1v) is 4.62. The van der Waals surface area contributed by atoms with Gasteiger partial charge in [0.15, 0.2) is 0 Å². The molecule has 0 radical (unpaired) electrons. The van der Waals surface area contributed by atoms with Gasteiger partial charge < -0.3 is 0 Å². The zero-order chi connectivity index (χ0) is 13.3. The number of rotatable bonds is 2. The Morgan fingerprint density at radius 2 is 1.83 bits per heavy atom. The first kappa shape index (κ1) is 12.0. The van der Waals surface area contributed by atoms with Gasteiger partial charge >= 0.3 is 6.18 Å². The molecule has 0 aliphatic carbocycles. The average molecular weight is 258 g/mol. The number of nitro groups is 1. The molecule has 0 aliphatic rings. The third-order valence-corrected chi connectivity index (χ3v) is 2.13. The fraction of sp³-hybridized carbons (Fsp3) is 0.111. The number of benzene rings is 1. The molecule has 0 atom stereocenters. The first-order valence-electron chi connectivity index (χ1n) is 4.62. The van der Waals surface area contributed by atoms with Gasteiger partial charge in [0.25, 0.3) is 5.69 Å². The third kappa shape index (κ3) is 2.14. The highest BCUT2D eigenvalue weighted by atomic mass is 19.4. The minimum atomic E-state index is -4.73. The van der Waals surface area contributed by atoms with Crippen LogP contribution >= 0.6 is 0 Å². The van der Waals surface area contributed by atoms with Crippen LogP contribution in [-0.2, 0) is 6.18 Å². The summed E-state index contributed by atoms with van der Waals surface area (Å²) in [6.07, 6.45) is -2.31. The summed E-state index contributed by atoms with van der Waals surface area (Å²) in [6, 6.07) is 2.38. The van der Waals surface area contributed by atoms with Crippen molar-refractivity contribution in [2.24, 2.45) is 0 Å². The van der Waals surface area contributed by atoms with Crippen molar-refractivity contribution in [3.05, 3.63) is 46.3 Å². The Hall–Kier alpha value is -2.45. The molecular weight excluding hydrogens is 253 g/mol. The first-order chi connectivity index (χ1) is 8.39. The second-order valence-corrected chi connectivity index (χ2v) is 3.27. The molecule has 0 bridgehead atoms. The molecule has 0 saturated heterocycles. The fourth-order valence-corrected chi connectivity index (χ4v) is 1.38. The number of aromatic nitrogens is 3. The molecule has 0 aliphatic heterocycles. The van der Waals surface area contributed by atoms with E-state index in [0.29, 0.717) is 6.07 Å². The van der Waals surface area contributed by atoms with Crippen molar-refractivity contribution in [3.8, 4) is 5.69 Å². The van der Waals surface area contributed by atoms with E-state index in [9.17, 15) is 23.3 Å². The molecule has 2 aromatic rings. The van der Waals surface area contributed by atoms with E-state index in [0.717, 1.165) is 16.9 Å². The summed E-state index contributed by atoms with van der Waals surface area (Å²) in [5.41, 5.74) is -2.16. The van der Waals surface area contributed by atoms with Crippen LogP contribution in [0.15, 0.2) is 30.6 Å². The van der Waals surface area contributed by atoms with Crippen LogP contribution in [0.1, 0.15) is 5.56 Å². The Kier molecular flexibility index (Phi) is 2.73. The lowest BCUT2D eigenvalue weighted by atomic mass is 10.1. The van der Waals surface area contributed by atoms with Crippen molar-refractivity contribution in [2.45, 2.75) is 6.18 Å². The van der Waals surface area contributed by atoms with Gasteiger partial charge in [0, 0.05) is 12.1 Å². The van der Waals surface area contributed by atoms with Gasteiger partial charge in [0.2, 0.25) is 0 Å².